The maximum absolute atomic E-state index is 13.0. The van der Waals surface area contributed by atoms with Crippen LogP contribution in [-0.2, 0) is 14.8 Å². The summed E-state index contributed by atoms with van der Waals surface area (Å²) < 4.78 is 32.0. The van der Waals surface area contributed by atoms with E-state index in [4.69, 9.17) is 10.5 Å². The van der Waals surface area contributed by atoms with Crippen LogP contribution in [0.15, 0.2) is 53.4 Å². The molecule has 0 aliphatic carbocycles. The highest BCUT2D eigenvalue weighted by atomic mass is 32.2. The second kappa shape index (κ2) is 6.80. The molecule has 1 atom stereocenters. The molecule has 1 heterocycles. The largest absolute Gasteiger partial charge is 0.495 e. The molecule has 1 saturated heterocycles. The zero-order chi connectivity index (χ0) is 18.9. The Labute approximate surface area is 151 Å². The first-order valence-electron chi connectivity index (χ1n) is 7.93. The molecule has 2 aromatic carbocycles. The van der Waals surface area contributed by atoms with Crippen LogP contribution in [0.4, 0.5) is 0 Å². The SMILES string of the molecule is COc1ccc(C(N)=O)cc1S(=O)(=O)N1C[C@@H](c2ccccc2)CC1=O. The monoisotopic (exact) mass is 374 g/mol. The fraction of sp³-hybridized carbons (Fsp3) is 0.222. The fourth-order valence-corrected chi connectivity index (χ4v) is 4.65. The van der Waals surface area contributed by atoms with Gasteiger partial charge in [0.15, 0.2) is 0 Å². The minimum atomic E-state index is -4.18. The Morgan fingerprint density at radius 3 is 2.50 bits per heavy atom. The lowest BCUT2D eigenvalue weighted by Crippen LogP contribution is -2.32. The van der Waals surface area contributed by atoms with E-state index in [9.17, 15) is 18.0 Å². The highest BCUT2D eigenvalue weighted by Gasteiger charge is 2.40. The molecule has 2 N–H and O–H groups in total. The Bertz CT molecular complexity index is 957. The summed E-state index contributed by atoms with van der Waals surface area (Å²) in [6.45, 7) is 0.0368. The van der Waals surface area contributed by atoms with Crippen LogP contribution in [0.25, 0.3) is 0 Å². The van der Waals surface area contributed by atoms with E-state index < -0.39 is 21.8 Å². The molecule has 136 valence electrons. The van der Waals surface area contributed by atoms with E-state index in [1.807, 2.05) is 30.3 Å². The minimum Gasteiger partial charge on any atom is -0.495 e. The molecular weight excluding hydrogens is 356 g/mol. The lowest BCUT2D eigenvalue weighted by atomic mass is 9.99. The van der Waals surface area contributed by atoms with Gasteiger partial charge in [0.1, 0.15) is 10.6 Å². The number of ether oxygens (including phenoxy) is 1. The summed E-state index contributed by atoms with van der Waals surface area (Å²) in [4.78, 5) is 23.6. The van der Waals surface area contributed by atoms with Crippen LogP contribution in [0.3, 0.4) is 0 Å². The molecule has 0 aromatic heterocycles. The molecule has 0 saturated carbocycles. The number of nitrogens with zero attached hydrogens (tertiary/aromatic N) is 1. The normalized spacial score (nSPS) is 17.3. The first-order valence-corrected chi connectivity index (χ1v) is 9.37. The van der Waals surface area contributed by atoms with Crippen LogP contribution in [0.5, 0.6) is 5.75 Å². The molecule has 1 aliphatic heterocycles. The lowest BCUT2D eigenvalue weighted by molar-refractivity contribution is -0.123. The van der Waals surface area contributed by atoms with Crippen molar-refractivity contribution in [3.05, 3.63) is 59.7 Å². The van der Waals surface area contributed by atoms with Gasteiger partial charge in [-0.15, -0.1) is 0 Å². The number of sulfonamides is 1. The highest BCUT2D eigenvalue weighted by Crippen LogP contribution is 2.35. The molecule has 8 heteroatoms. The van der Waals surface area contributed by atoms with Crippen molar-refractivity contribution in [3.63, 3.8) is 0 Å². The van der Waals surface area contributed by atoms with Gasteiger partial charge in [0, 0.05) is 24.4 Å². The molecular formula is C18H18N2O5S. The fourth-order valence-electron chi connectivity index (χ4n) is 3.01. The summed E-state index contributed by atoms with van der Waals surface area (Å²) in [5.41, 5.74) is 6.16. The second-order valence-corrected chi connectivity index (χ2v) is 7.80. The molecule has 0 bridgehead atoms. The van der Waals surface area contributed by atoms with Crippen molar-refractivity contribution in [1.29, 1.82) is 0 Å². The average Bonchev–Trinajstić information content (AvgIpc) is 3.04. The number of hydrogen-bond acceptors (Lipinski definition) is 5. The Morgan fingerprint density at radius 1 is 1.19 bits per heavy atom. The first kappa shape index (κ1) is 17.9. The molecule has 1 fully saturated rings. The Morgan fingerprint density at radius 2 is 1.88 bits per heavy atom. The third kappa shape index (κ3) is 3.15. The quantitative estimate of drug-likeness (QED) is 0.853. The van der Waals surface area contributed by atoms with Crippen LogP contribution in [0.1, 0.15) is 28.3 Å². The van der Waals surface area contributed by atoms with Gasteiger partial charge in [0.05, 0.1) is 7.11 Å². The minimum absolute atomic E-state index is 0.0237. The molecule has 2 amide bonds. The van der Waals surface area contributed by atoms with Gasteiger partial charge in [-0.1, -0.05) is 30.3 Å². The van der Waals surface area contributed by atoms with Gasteiger partial charge in [-0.25, -0.2) is 12.7 Å². The Balaban J connectivity index is 1.99. The highest BCUT2D eigenvalue weighted by molar-refractivity contribution is 7.89. The van der Waals surface area contributed by atoms with Crippen LogP contribution in [0.2, 0.25) is 0 Å². The maximum atomic E-state index is 13.0. The molecule has 0 radical (unpaired) electrons. The number of amides is 2. The topological polar surface area (TPSA) is 107 Å². The molecule has 3 rings (SSSR count). The van der Waals surface area contributed by atoms with Crippen molar-refractivity contribution >= 4 is 21.8 Å². The van der Waals surface area contributed by atoms with Gasteiger partial charge < -0.3 is 10.5 Å². The zero-order valence-corrected chi connectivity index (χ0v) is 14.9. The number of carbonyl (C=O) groups is 2. The van der Waals surface area contributed by atoms with Crippen LogP contribution < -0.4 is 10.5 Å². The molecule has 1 aliphatic rings. The summed E-state index contributed by atoms with van der Waals surface area (Å²) in [6, 6.07) is 13.1. The first-order chi connectivity index (χ1) is 12.3. The van der Waals surface area contributed by atoms with Crippen LogP contribution in [-0.4, -0.2) is 38.2 Å². The van der Waals surface area contributed by atoms with Crippen molar-refractivity contribution in [3.8, 4) is 5.75 Å². The van der Waals surface area contributed by atoms with Crippen molar-refractivity contribution < 1.29 is 22.7 Å². The van der Waals surface area contributed by atoms with E-state index in [2.05, 4.69) is 0 Å². The Hall–Kier alpha value is -2.87. The van der Waals surface area contributed by atoms with Crippen LogP contribution in [0, 0.1) is 0 Å². The summed E-state index contributed by atoms with van der Waals surface area (Å²) >= 11 is 0. The van der Waals surface area contributed by atoms with Gasteiger partial charge in [0.25, 0.3) is 10.0 Å². The summed E-state index contributed by atoms with van der Waals surface area (Å²) in [5.74, 6) is -1.43. The number of hydrogen-bond donors (Lipinski definition) is 1. The number of primary amides is 1. The molecule has 26 heavy (non-hydrogen) atoms. The molecule has 0 spiro atoms. The summed E-state index contributed by atoms with van der Waals surface area (Å²) in [6.07, 6.45) is 0.0983. The van der Waals surface area contributed by atoms with E-state index in [0.717, 1.165) is 15.9 Å². The van der Waals surface area contributed by atoms with E-state index >= 15 is 0 Å². The third-order valence-corrected chi connectivity index (χ3v) is 6.18. The number of rotatable bonds is 5. The van der Waals surface area contributed by atoms with Crippen molar-refractivity contribution in [2.75, 3.05) is 13.7 Å². The molecule has 7 nitrogen and oxygen atoms in total. The predicted molar refractivity (Wildman–Crippen MR) is 94.2 cm³/mol. The summed E-state index contributed by atoms with van der Waals surface area (Å²) in [5, 5.41) is 0. The number of nitrogens with two attached hydrogens (primary N) is 1. The van der Waals surface area contributed by atoms with Gasteiger partial charge >= 0.3 is 0 Å². The van der Waals surface area contributed by atoms with Crippen molar-refractivity contribution in [1.82, 2.24) is 4.31 Å². The third-order valence-electron chi connectivity index (χ3n) is 4.37. The Kier molecular flexibility index (Phi) is 4.69. The summed E-state index contributed by atoms with van der Waals surface area (Å²) in [7, 11) is -2.86. The van der Waals surface area contributed by atoms with Gasteiger partial charge in [-0.3, -0.25) is 9.59 Å². The van der Waals surface area contributed by atoms with E-state index in [0.29, 0.717) is 0 Å². The van der Waals surface area contributed by atoms with Gasteiger partial charge in [-0.2, -0.15) is 0 Å². The van der Waals surface area contributed by atoms with E-state index in [-0.39, 0.29) is 35.1 Å². The maximum Gasteiger partial charge on any atom is 0.270 e. The van der Waals surface area contributed by atoms with Gasteiger partial charge in [0.2, 0.25) is 11.8 Å². The second-order valence-electron chi connectivity index (χ2n) is 5.97. The van der Waals surface area contributed by atoms with E-state index in [1.165, 1.54) is 19.2 Å². The number of methoxy groups -OCH3 is 1. The number of benzene rings is 2. The molecule has 2 aromatic rings. The van der Waals surface area contributed by atoms with E-state index in [1.54, 1.807) is 0 Å². The smallest absolute Gasteiger partial charge is 0.270 e. The lowest BCUT2D eigenvalue weighted by Gasteiger charge is -2.19. The van der Waals surface area contributed by atoms with Crippen molar-refractivity contribution in [2.24, 2.45) is 5.73 Å². The predicted octanol–water partition coefficient (Wildman–Crippen LogP) is 1.50. The number of carbonyl (C=O) groups excluding carboxylic acids is 2. The average molecular weight is 374 g/mol. The zero-order valence-electron chi connectivity index (χ0n) is 14.1. The van der Waals surface area contributed by atoms with Gasteiger partial charge in [-0.05, 0) is 23.8 Å². The molecule has 0 unspecified atom stereocenters. The van der Waals surface area contributed by atoms with Crippen molar-refractivity contribution in [2.45, 2.75) is 17.2 Å². The standard InChI is InChI=1S/C18H18N2O5S/c1-25-15-8-7-13(18(19)22)9-16(15)26(23,24)20-11-14(10-17(20)21)12-5-3-2-4-6-12/h2-9,14H,10-11H2,1H3,(H2,19,22)/t14-/m0/s1. The van der Waals surface area contributed by atoms with Crippen LogP contribution >= 0.6 is 0 Å².